The van der Waals surface area contributed by atoms with E-state index in [1.165, 1.54) is 0 Å². The van der Waals surface area contributed by atoms with E-state index >= 15 is 0 Å². The second-order valence-corrected chi connectivity index (χ2v) is 1.98. The summed E-state index contributed by atoms with van der Waals surface area (Å²) in [4.78, 5) is 0. The van der Waals surface area contributed by atoms with Gasteiger partial charge < -0.3 is 5.11 Å². The summed E-state index contributed by atoms with van der Waals surface area (Å²) in [5, 5.41) is 8.57. The number of hydrogen-bond donors (Lipinski definition) is 1. The van der Waals surface area contributed by atoms with Crippen molar-refractivity contribution in [1.82, 2.24) is 0 Å². The van der Waals surface area contributed by atoms with Crippen molar-refractivity contribution >= 4 is 5.57 Å². The summed E-state index contributed by atoms with van der Waals surface area (Å²) in [6.45, 7) is 1.78. The summed E-state index contributed by atoms with van der Waals surface area (Å²) in [5.74, 6) is 0.685. The minimum Gasteiger partial charge on any atom is -0.515 e. The van der Waals surface area contributed by atoms with E-state index in [2.05, 4.69) is 0 Å². The fourth-order valence-corrected chi connectivity index (χ4v) is 0.628. The number of aliphatic hydroxyl groups is 1. The van der Waals surface area contributed by atoms with Gasteiger partial charge in [0.05, 0.1) is 11.8 Å². The summed E-state index contributed by atoms with van der Waals surface area (Å²) in [6.07, 6.45) is 2.60. The summed E-state index contributed by atoms with van der Waals surface area (Å²) in [5.41, 5.74) is 0.723. The van der Waals surface area contributed by atoms with Crippen molar-refractivity contribution in [2.75, 3.05) is 0 Å². The van der Waals surface area contributed by atoms with Crippen molar-refractivity contribution in [2.45, 2.75) is 6.92 Å². The number of aliphatic hydroxyl groups excluding tert-OH is 1. The number of allylic oxidation sites excluding steroid dienone is 1. The van der Waals surface area contributed by atoms with E-state index in [1.54, 1.807) is 25.3 Å². The van der Waals surface area contributed by atoms with Crippen LogP contribution in [0.15, 0.2) is 35.1 Å². The zero-order valence-corrected chi connectivity index (χ0v) is 5.74. The van der Waals surface area contributed by atoms with Gasteiger partial charge in [0.25, 0.3) is 0 Å². The first-order valence-corrected chi connectivity index (χ1v) is 3.03. The monoisotopic (exact) mass is 137 g/mol. The molecule has 10 heavy (non-hydrogen) atoms. The van der Waals surface area contributed by atoms with Crippen LogP contribution in [-0.4, -0.2) is 5.11 Å². The average Bonchev–Trinajstić information content (AvgIpc) is 2.05. The molecular formula is C8H9O2+. The largest absolute Gasteiger partial charge is 0.515 e. The highest BCUT2D eigenvalue weighted by Gasteiger charge is 2.06. The molecule has 0 aliphatic carbocycles. The minimum absolute atomic E-state index is 0.685. The lowest BCUT2D eigenvalue weighted by Gasteiger charge is -1.83. The van der Waals surface area contributed by atoms with Gasteiger partial charge in [-0.1, -0.05) is 0 Å². The van der Waals surface area contributed by atoms with Gasteiger partial charge in [0.2, 0.25) is 0 Å². The Kier molecular flexibility index (Phi) is 2.05. The Morgan fingerprint density at radius 1 is 1.60 bits per heavy atom. The molecule has 0 atom stereocenters. The second-order valence-electron chi connectivity index (χ2n) is 1.98. The third-order valence-electron chi connectivity index (χ3n) is 1.21. The molecule has 0 bridgehead atoms. The Morgan fingerprint density at radius 3 is 2.90 bits per heavy atom. The summed E-state index contributed by atoms with van der Waals surface area (Å²) >= 11 is 0. The molecule has 0 saturated heterocycles. The van der Waals surface area contributed by atoms with Crippen LogP contribution >= 0.6 is 0 Å². The van der Waals surface area contributed by atoms with E-state index in [9.17, 15) is 0 Å². The molecule has 0 saturated carbocycles. The van der Waals surface area contributed by atoms with Crippen LogP contribution in [0.25, 0.3) is 5.57 Å². The van der Waals surface area contributed by atoms with E-state index in [4.69, 9.17) is 9.52 Å². The number of hydrogen-bond acceptors (Lipinski definition) is 1. The lowest BCUT2D eigenvalue weighted by molar-refractivity contribution is 0.469. The van der Waals surface area contributed by atoms with Crippen LogP contribution < -0.4 is 0 Å². The third kappa shape index (κ3) is 1.35. The standard InChI is InChI=1S/C8H8O2/c1-7(6-9)8-4-2-3-5-10-8/h2-6H,1H3/p+1/b7-6+. The Hall–Kier alpha value is -1.31. The van der Waals surface area contributed by atoms with Crippen LogP contribution in [0.2, 0.25) is 0 Å². The van der Waals surface area contributed by atoms with Gasteiger partial charge in [0, 0.05) is 12.1 Å². The van der Waals surface area contributed by atoms with Crippen molar-refractivity contribution < 1.29 is 9.52 Å². The zero-order chi connectivity index (χ0) is 7.40. The van der Waals surface area contributed by atoms with Gasteiger partial charge in [0.15, 0.2) is 0 Å². The van der Waals surface area contributed by atoms with Crippen LogP contribution in [0.5, 0.6) is 0 Å². The van der Waals surface area contributed by atoms with Gasteiger partial charge >= 0.3 is 12.0 Å². The molecular weight excluding hydrogens is 128 g/mol. The summed E-state index contributed by atoms with van der Waals surface area (Å²) in [7, 11) is 0. The first kappa shape index (κ1) is 6.81. The van der Waals surface area contributed by atoms with Gasteiger partial charge in [-0.05, 0) is 13.0 Å². The van der Waals surface area contributed by atoms with Crippen LogP contribution in [0.4, 0.5) is 0 Å². The molecule has 52 valence electrons. The van der Waals surface area contributed by atoms with Gasteiger partial charge in [-0.15, -0.1) is 0 Å². The maximum atomic E-state index is 8.57. The Balaban J connectivity index is 2.96. The van der Waals surface area contributed by atoms with Gasteiger partial charge in [-0.25, -0.2) is 4.42 Å². The molecule has 0 radical (unpaired) electrons. The maximum absolute atomic E-state index is 8.57. The van der Waals surface area contributed by atoms with Crippen molar-refractivity contribution in [2.24, 2.45) is 0 Å². The highest BCUT2D eigenvalue weighted by molar-refractivity contribution is 5.56. The average molecular weight is 137 g/mol. The molecule has 0 fully saturated rings. The van der Waals surface area contributed by atoms with E-state index in [0.717, 1.165) is 11.8 Å². The van der Waals surface area contributed by atoms with Gasteiger partial charge in [-0.2, -0.15) is 0 Å². The molecule has 0 aliphatic heterocycles. The molecule has 0 aliphatic rings. The molecule has 1 rings (SSSR count). The van der Waals surface area contributed by atoms with E-state index < -0.39 is 0 Å². The molecule has 0 amide bonds. The second kappa shape index (κ2) is 3.01. The normalized spacial score (nSPS) is 11.5. The summed E-state index contributed by atoms with van der Waals surface area (Å²) in [6, 6.07) is 5.43. The molecule has 2 heteroatoms. The highest BCUT2D eigenvalue weighted by Crippen LogP contribution is 2.10. The predicted molar refractivity (Wildman–Crippen MR) is 39.4 cm³/mol. The smallest absolute Gasteiger partial charge is 0.358 e. The first-order chi connectivity index (χ1) is 4.84. The molecule has 2 nitrogen and oxygen atoms in total. The summed E-state index contributed by atoms with van der Waals surface area (Å²) < 4.78 is 5.05. The fraction of sp³-hybridized carbons (Fsp3) is 0.125. The molecule has 0 unspecified atom stereocenters. The molecule has 0 spiro atoms. The molecule has 0 aromatic carbocycles. The van der Waals surface area contributed by atoms with Crippen molar-refractivity contribution in [3.8, 4) is 0 Å². The molecule has 1 heterocycles. The number of rotatable bonds is 1. The quantitative estimate of drug-likeness (QED) is 0.476. The SMILES string of the molecule is C/C(=C\O)c1cccc[o+]1. The van der Waals surface area contributed by atoms with Crippen molar-refractivity contribution in [1.29, 1.82) is 0 Å². The van der Waals surface area contributed by atoms with Gasteiger partial charge in [-0.3, -0.25) is 0 Å². The van der Waals surface area contributed by atoms with Crippen LogP contribution in [-0.2, 0) is 0 Å². The van der Waals surface area contributed by atoms with E-state index in [1.807, 2.05) is 6.07 Å². The van der Waals surface area contributed by atoms with E-state index in [0.29, 0.717) is 5.76 Å². The Morgan fingerprint density at radius 2 is 2.40 bits per heavy atom. The molecule has 1 N–H and O–H groups in total. The lowest BCUT2D eigenvalue weighted by Crippen LogP contribution is -1.76. The van der Waals surface area contributed by atoms with Crippen molar-refractivity contribution in [3.05, 3.63) is 36.5 Å². The highest BCUT2D eigenvalue weighted by atomic mass is 16.3. The fourth-order valence-electron chi connectivity index (χ4n) is 0.628. The van der Waals surface area contributed by atoms with E-state index in [-0.39, 0.29) is 0 Å². The maximum Gasteiger partial charge on any atom is 0.358 e. The van der Waals surface area contributed by atoms with Crippen LogP contribution in [0, 0.1) is 0 Å². The van der Waals surface area contributed by atoms with Crippen molar-refractivity contribution in [3.63, 3.8) is 0 Å². The van der Waals surface area contributed by atoms with Gasteiger partial charge in [0.1, 0.15) is 0 Å². The molecule has 1 aromatic rings. The van der Waals surface area contributed by atoms with Crippen LogP contribution in [0.3, 0.4) is 0 Å². The molecule has 1 aromatic heterocycles. The lowest BCUT2D eigenvalue weighted by atomic mass is 10.2. The Labute approximate surface area is 59.4 Å². The predicted octanol–water partition coefficient (Wildman–Crippen LogP) is 2.48. The van der Waals surface area contributed by atoms with Crippen LogP contribution in [0.1, 0.15) is 12.7 Å². The Bertz CT molecular complexity index is 226. The first-order valence-electron chi connectivity index (χ1n) is 3.03. The topological polar surface area (TPSA) is 31.5 Å². The zero-order valence-electron chi connectivity index (χ0n) is 5.74. The third-order valence-corrected chi connectivity index (χ3v) is 1.21. The minimum atomic E-state index is 0.685.